The zero-order valence-electron chi connectivity index (χ0n) is 12.3. The van der Waals surface area contributed by atoms with E-state index in [1.165, 1.54) is 7.05 Å². The van der Waals surface area contributed by atoms with Crippen LogP contribution in [-0.4, -0.2) is 49.3 Å². The van der Waals surface area contributed by atoms with Crippen LogP contribution in [0.25, 0.3) is 0 Å². The normalized spacial score (nSPS) is 12.9. The number of amides is 4. The van der Waals surface area contributed by atoms with Crippen LogP contribution in [0.15, 0.2) is 0 Å². The van der Waals surface area contributed by atoms with Crippen molar-refractivity contribution in [2.45, 2.75) is 38.3 Å². The Labute approximate surface area is 123 Å². The fourth-order valence-corrected chi connectivity index (χ4v) is 1.45. The van der Waals surface area contributed by atoms with Gasteiger partial charge in [0.15, 0.2) is 0 Å². The maximum absolute atomic E-state index is 11.5. The van der Waals surface area contributed by atoms with Gasteiger partial charge in [0.05, 0.1) is 6.04 Å². The molecule has 0 fully saturated rings. The quantitative estimate of drug-likeness (QED) is 0.314. The number of carbonyl (C=O) groups excluding carboxylic acids is 4. The van der Waals surface area contributed by atoms with Crippen molar-refractivity contribution in [3.05, 3.63) is 0 Å². The number of hydrogen-bond donors (Lipinski definition) is 5. The summed E-state index contributed by atoms with van der Waals surface area (Å²) in [4.78, 5) is 44.8. The molecule has 0 spiro atoms. The minimum absolute atomic E-state index is 0.0234. The van der Waals surface area contributed by atoms with Crippen molar-refractivity contribution >= 4 is 23.6 Å². The summed E-state index contributed by atoms with van der Waals surface area (Å²) < 4.78 is 0. The molecular weight excluding hydrogens is 278 g/mol. The van der Waals surface area contributed by atoms with Gasteiger partial charge in [0.2, 0.25) is 23.6 Å². The van der Waals surface area contributed by atoms with E-state index in [0.29, 0.717) is 0 Å². The van der Waals surface area contributed by atoms with Crippen LogP contribution in [0.1, 0.15) is 26.2 Å². The molecule has 21 heavy (non-hydrogen) atoms. The predicted octanol–water partition coefficient (Wildman–Crippen LogP) is -2.66. The zero-order chi connectivity index (χ0) is 16.4. The van der Waals surface area contributed by atoms with Crippen LogP contribution in [-0.2, 0) is 19.2 Å². The number of rotatable bonds is 9. The summed E-state index contributed by atoms with van der Waals surface area (Å²) in [6.07, 6.45) is 0.204. The third-order valence-electron chi connectivity index (χ3n) is 2.71. The van der Waals surface area contributed by atoms with Crippen molar-refractivity contribution in [3.8, 4) is 0 Å². The number of nitrogens with one attached hydrogen (secondary N) is 3. The molecular formula is C12H23N5O4. The van der Waals surface area contributed by atoms with Gasteiger partial charge in [0, 0.05) is 26.4 Å². The molecule has 0 aromatic heterocycles. The van der Waals surface area contributed by atoms with Crippen LogP contribution in [0.3, 0.4) is 0 Å². The third kappa shape index (κ3) is 8.58. The van der Waals surface area contributed by atoms with Crippen LogP contribution >= 0.6 is 0 Å². The first kappa shape index (κ1) is 18.8. The van der Waals surface area contributed by atoms with Crippen molar-refractivity contribution in [2.75, 3.05) is 13.6 Å². The lowest BCUT2D eigenvalue weighted by atomic mass is 10.1. The molecule has 0 radical (unpaired) electrons. The molecule has 7 N–H and O–H groups in total. The van der Waals surface area contributed by atoms with Crippen LogP contribution < -0.4 is 27.4 Å². The van der Waals surface area contributed by atoms with Gasteiger partial charge < -0.3 is 27.4 Å². The van der Waals surface area contributed by atoms with Crippen LogP contribution in [0.4, 0.5) is 0 Å². The van der Waals surface area contributed by atoms with Gasteiger partial charge in [-0.3, -0.25) is 19.2 Å². The van der Waals surface area contributed by atoms with E-state index < -0.39 is 23.9 Å². The van der Waals surface area contributed by atoms with Crippen molar-refractivity contribution in [1.82, 2.24) is 16.0 Å². The highest BCUT2D eigenvalue weighted by Gasteiger charge is 2.16. The van der Waals surface area contributed by atoms with Gasteiger partial charge in [-0.1, -0.05) is 0 Å². The largest absolute Gasteiger partial charge is 0.370 e. The first-order valence-corrected chi connectivity index (χ1v) is 6.60. The first-order valence-electron chi connectivity index (χ1n) is 6.60. The molecule has 0 rings (SSSR count). The second-order valence-electron chi connectivity index (χ2n) is 4.56. The van der Waals surface area contributed by atoms with E-state index >= 15 is 0 Å². The molecule has 0 aromatic rings. The molecule has 120 valence electrons. The molecule has 4 amide bonds. The second kappa shape index (κ2) is 9.70. The molecule has 0 saturated heterocycles. The lowest BCUT2D eigenvalue weighted by molar-refractivity contribution is -0.128. The Bertz CT molecular complexity index is 399. The molecule has 0 aliphatic rings. The molecule has 0 aliphatic carbocycles. The Morgan fingerprint density at radius 3 is 2.24 bits per heavy atom. The highest BCUT2D eigenvalue weighted by atomic mass is 16.2. The zero-order valence-corrected chi connectivity index (χ0v) is 12.3. The monoisotopic (exact) mass is 301 g/mol. The van der Waals surface area contributed by atoms with E-state index in [1.54, 1.807) is 6.92 Å². The van der Waals surface area contributed by atoms with E-state index in [9.17, 15) is 19.2 Å². The minimum atomic E-state index is -0.842. The van der Waals surface area contributed by atoms with E-state index in [-0.39, 0.29) is 37.6 Å². The number of primary amides is 1. The van der Waals surface area contributed by atoms with Gasteiger partial charge in [0.1, 0.15) is 6.04 Å². The fraction of sp³-hybridized carbons (Fsp3) is 0.667. The number of nitrogens with two attached hydrogens (primary N) is 2. The smallest absolute Gasteiger partial charge is 0.242 e. The van der Waals surface area contributed by atoms with E-state index in [0.717, 1.165) is 0 Å². The maximum Gasteiger partial charge on any atom is 0.242 e. The van der Waals surface area contributed by atoms with Gasteiger partial charge in [-0.15, -0.1) is 0 Å². The van der Waals surface area contributed by atoms with E-state index in [2.05, 4.69) is 16.0 Å². The summed E-state index contributed by atoms with van der Waals surface area (Å²) in [5.41, 5.74) is 10.5. The van der Waals surface area contributed by atoms with Crippen molar-refractivity contribution in [3.63, 3.8) is 0 Å². The Morgan fingerprint density at radius 2 is 1.71 bits per heavy atom. The number of hydrogen-bond acceptors (Lipinski definition) is 5. The summed E-state index contributed by atoms with van der Waals surface area (Å²) in [5, 5.41) is 7.36. The Balaban J connectivity index is 3.92. The Hall–Kier alpha value is -2.16. The fourth-order valence-electron chi connectivity index (χ4n) is 1.45. The average molecular weight is 301 g/mol. The SMILES string of the molecule is CNC(=O)C(C)NC(=O)CCNC(=O)C(N)CCC(N)=O. The molecule has 9 heteroatoms. The van der Waals surface area contributed by atoms with E-state index in [1.807, 2.05) is 0 Å². The molecule has 0 bridgehead atoms. The minimum Gasteiger partial charge on any atom is -0.370 e. The van der Waals surface area contributed by atoms with Crippen LogP contribution in [0.2, 0.25) is 0 Å². The number of likely N-dealkylation sites (N-methyl/N-ethyl adjacent to an activating group) is 1. The Kier molecular flexibility index (Phi) is 8.70. The predicted molar refractivity (Wildman–Crippen MR) is 75.7 cm³/mol. The average Bonchev–Trinajstić information content (AvgIpc) is 2.43. The molecule has 2 unspecified atom stereocenters. The highest BCUT2D eigenvalue weighted by molar-refractivity contribution is 5.87. The van der Waals surface area contributed by atoms with Gasteiger partial charge in [-0.05, 0) is 13.3 Å². The Morgan fingerprint density at radius 1 is 1.10 bits per heavy atom. The van der Waals surface area contributed by atoms with E-state index in [4.69, 9.17) is 11.5 Å². The van der Waals surface area contributed by atoms with Gasteiger partial charge in [-0.25, -0.2) is 0 Å². The molecule has 0 aromatic carbocycles. The summed E-state index contributed by atoms with van der Waals surface area (Å²) in [6.45, 7) is 1.64. The molecule has 0 aliphatic heterocycles. The van der Waals surface area contributed by atoms with Gasteiger partial charge >= 0.3 is 0 Å². The summed E-state index contributed by atoms with van der Waals surface area (Å²) >= 11 is 0. The van der Waals surface area contributed by atoms with Crippen molar-refractivity contribution < 1.29 is 19.2 Å². The van der Waals surface area contributed by atoms with Crippen molar-refractivity contribution in [1.29, 1.82) is 0 Å². The van der Waals surface area contributed by atoms with Crippen molar-refractivity contribution in [2.24, 2.45) is 11.5 Å². The van der Waals surface area contributed by atoms with Crippen LogP contribution in [0, 0.1) is 0 Å². The van der Waals surface area contributed by atoms with Gasteiger partial charge in [-0.2, -0.15) is 0 Å². The topological polar surface area (TPSA) is 156 Å². The second-order valence-corrected chi connectivity index (χ2v) is 4.56. The lowest BCUT2D eigenvalue weighted by Gasteiger charge is -2.13. The molecule has 0 saturated carbocycles. The molecule has 2 atom stereocenters. The maximum atomic E-state index is 11.5. The molecule has 0 heterocycles. The van der Waals surface area contributed by atoms with Gasteiger partial charge in [0.25, 0.3) is 0 Å². The summed E-state index contributed by atoms with van der Waals surface area (Å²) in [5.74, 6) is -1.65. The molecule has 9 nitrogen and oxygen atoms in total. The first-order chi connectivity index (χ1) is 9.77. The third-order valence-corrected chi connectivity index (χ3v) is 2.71. The number of carbonyl (C=O) groups is 4. The summed E-state index contributed by atoms with van der Waals surface area (Å²) in [6, 6.07) is -1.48. The lowest BCUT2D eigenvalue weighted by Crippen LogP contribution is -2.45. The summed E-state index contributed by atoms with van der Waals surface area (Å²) in [7, 11) is 1.47. The van der Waals surface area contributed by atoms with Crippen LogP contribution in [0.5, 0.6) is 0 Å². The standard InChI is InChI=1S/C12H23N5O4/c1-7(11(20)15-2)17-10(19)5-6-16-12(21)8(13)3-4-9(14)18/h7-8H,3-6,13H2,1-2H3,(H2,14,18)(H,15,20)(H,16,21)(H,17,19). The highest BCUT2D eigenvalue weighted by Crippen LogP contribution is 1.94.